The Bertz CT molecular complexity index is 1640. The Morgan fingerprint density at radius 3 is 2.82 bits per heavy atom. The Hall–Kier alpha value is -4.10. The van der Waals surface area contributed by atoms with Gasteiger partial charge in [-0.1, -0.05) is 31.9 Å². The lowest BCUT2D eigenvalue weighted by molar-refractivity contribution is 0.489. The van der Waals surface area contributed by atoms with E-state index in [4.69, 9.17) is 4.98 Å². The minimum Gasteiger partial charge on any atom is -0.356 e. The van der Waals surface area contributed by atoms with Gasteiger partial charge in [0.1, 0.15) is 11.2 Å². The van der Waals surface area contributed by atoms with Crippen LogP contribution in [0.15, 0.2) is 67.1 Å². The molecule has 5 aromatic heterocycles. The van der Waals surface area contributed by atoms with Crippen LogP contribution in [0.4, 0.5) is 0 Å². The van der Waals surface area contributed by atoms with E-state index < -0.39 is 0 Å². The molecule has 5 aromatic rings. The second kappa shape index (κ2) is 10.2. The number of pyridine rings is 3. The maximum absolute atomic E-state index is 5.06. The lowest BCUT2D eigenvalue weighted by Gasteiger charge is -2.18. The number of fused-ring (bicyclic) bond motifs is 2. The third kappa shape index (κ3) is 4.79. The quantitative estimate of drug-likeness (QED) is 0.236. The highest BCUT2D eigenvalue weighted by atomic mass is 15.1. The van der Waals surface area contributed by atoms with Gasteiger partial charge in [-0.25, -0.2) is 4.98 Å². The van der Waals surface area contributed by atoms with E-state index in [0.717, 1.165) is 64.8 Å². The van der Waals surface area contributed by atoms with Gasteiger partial charge >= 0.3 is 0 Å². The van der Waals surface area contributed by atoms with Gasteiger partial charge in [-0.05, 0) is 79.6 Å². The molecule has 1 atom stereocenters. The number of aromatic nitrogens is 6. The Morgan fingerprint density at radius 2 is 1.95 bits per heavy atom. The van der Waals surface area contributed by atoms with Crippen molar-refractivity contribution in [2.75, 3.05) is 6.54 Å². The third-order valence-electron chi connectivity index (χ3n) is 8.10. The fraction of sp³-hybridized carbons (Fsp3) is 0.312. The summed E-state index contributed by atoms with van der Waals surface area (Å²) in [5.74, 6) is 1.25. The molecule has 1 unspecified atom stereocenters. The second-order valence-electron chi connectivity index (χ2n) is 11.1. The lowest BCUT2D eigenvalue weighted by atomic mass is 9.88. The molecule has 2 aliphatic rings. The number of aromatic amines is 2. The van der Waals surface area contributed by atoms with Gasteiger partial charge in [-0.2, -0.15) is 5.10 Å². The summed E-state index contributed by atoms with van der Waals surface area (Å²) in [6.07, 6.45) is 14.4. The Morgan fingerprint density at radius 1 is 1.03 bits per heavy atom. The first-order chi connectivity index (χ1) is 19.2. The van der Waals surface area contributed by atoms with Gasteiger partial charge in [0.2, 0.25) is 0 Å². The van der Waals surface area contributed by atoms with Crippen molar-refractivity contribution < 1.29 is 0 Å². The zero-order valence-electron chi connectivity index (χ0n) is 22.2. The Labute approximate surface area is 228 Å². The van der Waals surface area contributed by atoms with Gasteiger partial charge in [-0.3, -0.25) is 15.1 Å². The van der Waals surface area contributed by atoms with E-state index in [0.29, 0.717) is 5.92 Å². The topological polar surface area (TPSA) is 95.2 Å². The molecule has 3 N–H and O–H groups in total. The van der Waals surface area contributed by atoms with Gasteiger partial charge in [0, 0.05) is 47.5 Å². The Kier molecular flexibility index (Phi) is 6.29. The third-order valence-corrected chi connectivity index (χ3v) is 8.10. The zero-order chi connectivity index (χ0) is 26.2. The molecular weight excluding hydrogens is 482 g/mol. The number of H-pyrrole nitrogens is 2. The standard InChI is InChI=1S/C32H33N7/c1-20-12-24(27-8-4-5-11-35-27)25-15-30(36-29(25)13-20)32-31-28(38-39-32)10-9-26(37-31)23-14-22(18-34-19-23)17-33-16-21-6-2-3-7-21/h4-5,8-12,14-15,18-21,33,36H,2-3,6-7,13,16-17H2,1H3,(H,38,39). The predicted molar refractivity (Wildman–Crippen MR) is 155 cm³/mol. The first-order valence-corrected chi connectivity index (χ1v) is 14.1. The van der Waals surface area contributed by atoms with Crippen LogP contribution in [0, 0.1) is 11.8 Å². The average Bonchev–Trinajstić information content (AvgIpc) is 3.73. The molecule has 0 bridgehead atoms. The SMILES string of the molecule is CC1C=C(c2ccccn2)c2cc(-c3n[nH]c4ccc(-c5cncc(CNCC6CCCC6)c5)nc34)[nH]c2C1. The molecule has 39 heavy (non-hydrogen) atoms. The number of rotatable bonds is 7. The maximum atomic E-state index is 5.06. The summed E-state index contributed by atoms with van der Waals surface area (Å²) in [5.41, 5.74) is 11.2. The average molecular weight is 516 g/mol. The maximum Gasteiger partial charge on any atom is 0.135 e. The normalized spacial score (nSPS) is 17.5. The van der Waals surface area contributed by atoms with Gasteiger partial charge < -0.3 is 10.3 Å². The number of nitrogens with one attached hydrogen (secondary N) is 3. The molecule has 0 amide bonds. The smallest absolute Gasteiger partial charge is 0.135 e. The van der Waals surface area contributed by atoms with Crippen molar-refractivity contribution in [3.63, 3.8) is 0 Å². The molecule has 196 valence electrons. The van der Waals surface area contributed by atoms with Crippen molar-refractivity contribution in [3.8, 4) is 22.6 Å². The van der Waals surface area contributed by atoms with E-state index in [9.17, 15) is 0 Å². The van der Waals surface area contributed by atoms with Crippen LogP contribution in [-0.2, 0) is 13.0 Å². The van der Waals surface area contributed by atoms with E-state index in [-0.39, 0.29) is 0 Å². The summed E-state index contributed by atoms with van der Waals surface area (Å²) in [4.78, 5) is 17.9. The summed E-state index contributed by atoms with van der Waals surface area (Å²) < 4.78 is 0. The molecule has 2 aliphatic carbocycles. The van der Waals surface area contributed by atoms with Crippen LogP contribution < -0.4 is 5.32 Å². The molecule has 1 fully saturated rings. The number of nitrogens with zero attached hydrogens (tertiary/aromatic N) is 4. The van der Waals surface area contributed by atoms with Crippen molar-refractivity contribution in [2.24, 2.45) is 11.8 Å². The molecule has 0 aromatic carbocycles. The highest BCUT2D eigenvalue weighted by molar-refractivity contribution is 5.92. The van der Waals surface area contributed by atoms with Crippen LogP contribution in [0.5, 0.6) is 0 Å². The first-order valence-electron chi connectivity index (χ1n) is 14.1. The van der Waals surface area contributed by atoms with Gasteiger partial charge in [0.15, 0.2) is 0 Å². The highest BCUT2D eigenvalue weighted by Crippen LogP contribution is 2.37. The molecule has 7 nitrogen and oxygen atoms in total. The van der Waals surface area contributed by atoms with E-state index >= 15 is 0 Å². The summed E-state index contributed by atoms with van der Waals surface area (Å²) in [6.45, 7) is 4.16. The predicted octanol–water partition coefficient (Wildman–Crippen LogP) is 6.31. The van der Waals surface area contributed by atoms with Crippen LogP contribution in [0.2, 0.25) is 0 Å². The van der Waals surface area contributed by atoms with E-state index in [1.807, 2.05) is 36.8 Å². The van der Waals surface area contributed by atoms with Crippen LogP contribution in [0.25, 0.3) is 39.3 Å². The van der Waals surface area contributed by atoms with Gasteiger partial charge in [0.05, 0.1) is 22.6 Å². The lowest BCUT2D eigenvalue weighted by Crippen LogP contribution is -2.20. The van der Waals surface area contributed by atoms with Crippen LogP contribution in [0.1, 0.15) is 55.1 Å². The van der Waals surface area contributed by atoms with Crippen molar-refractivity contribution >= 4 is 16.6 Å². The fourth-order valence-electron chi connectivity index (χ4n) is 6.13. The van der Waals surface area contributed by atoms with Crippen molar-refractivity contribution in [1.29, 1.82) is 0 Å². The molecule has 1 saturated carbocycles. The van der Waals surface area contributed by atoms with Crippen molar-refractivity contribution in [2.45, 2.75) is 45.6 Å². The molecule has 7 heteroatoms. The van der Waals surface area contributed by atoms with Crippen LogP contribution >= 0.6 is 0 Å². The van der Waals surface area contributed by atoms with E-state index in [1.54, 1.807) is 0 Å². The molecular formula is C32H33N7. The second-order valence-corrected chi connectivity index (χ2v) is 11.1. The molecule has 0 spiro atoms. The minimum absolute atomic E-state index is 0.425. The van der Waals surface area contributed by atoms with Gasteiger partial charge in [-0.15, -0.1) is 0 Å². The summed E-state index contributed by atoms with van der Waals surface area (Å²) in [5, 5.41) is 11.5. The summed E-state index contributed by atoms with van der Waals surface area (Å²) in [6, 6.07) is 14.6. The molecule has 5 heterocycles. The number of allylic oxidation sites excluding steroid dienone is 1. The molecule has 0 aliphatic heterocycles. The largest absolute Gasteiger partial charge is 0.356 e. The van der Waals surface area contributed by atoms with Crippen LogP contribution in [0.3, 0.4) is 0 Å². The zero-order valence-corrected chi connectivity index (χ0v) is 22.2. The van der Waals surface area contributed by atoms with Crippen molar-refractivity contribution in [1.82, 2.24) is 35.5 Å². The number of hydrogen-bond donors (Lipinski definition) is 3. The van der Waals surface area contributed by atoms with E-state index in [2.05, 4.69) is 67.7 Å². The molecule has 7 rings (SSSR count). The van der Waals surface area contributed by atoms with E-state index in [1.165, 1.54) is 48.1 Å². The number of hydrogen-bond acceptors (Lipinski definition) is 5. The van der Waals surface area contributed by atoms with Crippen LogP contribution in [-0.4, -0.2) is 36.7 Å². The monoisotopic (exact) mass is 515 g/mol. The highest BCUT2D eigenvalue weighted by Gasteiger charge is 2.24. The Balaban J connectivity index is 1.18. The fourth-order valence-corrected chi connectivity index (χ4v) is 6.13. The molecule has 0 radical (unpaired) electrons. The summed E-state index contributed by atoms with van der Waals surface area (Å²) >= 11 is 0. The van der Waals surface area contributed by atoms with Gasteiger partial charge in [0.25, 0.3) is 0 Å². The minimum atomic E-state index is 0.425. The first kappa shape index (κ1) is 24.0. The van der Waals surface area contributed by atoms with Crippen molar-refractivity contribution in [3.05, 3.63) is 89.6 Å². The molecule has 0 saturated heterocycles. The summed E-state index contributed by atoms with van der Waals surface area (Å²) in [7, 11) is 0.